The number of aryl methyl sites for hydroxylation is 1. The van der Waals surface area contributed by atoms with Gasteiger partial charge in [-0.1, -0.05) is 68.7 Å². The third-order valence-corrected chi connectivity index (χ3v) is 4.08. The third-order valence-electron chi connectivity index (χ3n) is 4.08. The van der Waals surface area contributed by atoms with Crippen LogP contribution >= 0.6 is 0 Å². The maximum Gasteiger partial charge on any atom is -0.00960 e. The van der Waals surface area contributed by atoms with E-state index in [4.69, 9.17) is 0 Å². The molecule has 3 rings (SSSR count). The molecule has 3 aromatic rings. The van der Waals surface area contributed by atoms with Gasteiger partial charge in [-0.05, 0) is 52.1 Å². The minimum atomic E-state index is 1.18. The van der Waals surface area contributed by atoms with E-state index in [1.807, 2.05) is 6.07 Å². The van der Waals surface area contributed by atoms with E-state index in [2.05, 4.69) is 55.5 Å². The lowest BCUT2D eigenvalue weighted by atomic mass is 9.93. The lowest BCUT2D eigenvalue weighted by Gasteiger charge is -2.11. The first kappa shape index (κ1) is 13.2. The number of hydrogen-bond acceptors (Lipinski definition) is 0. The van der Waals surface area contributed by atoms with Crippen LogP contribution in [0.5, 0.6) is 0 Å². The molecule has 0 saturated heterocycles. The summed E-state index contributed by atoms with van der Waals surface area (Å²) >= 11 is 0. The van der Waals surface area contributed by atoms with Gasteiger partial charge in [0.15, 0.2) is 0 Å². The Bertz CT molecular complexity index is 655. The molecule has 0 aliphatic rings. The van der Waals surface area contributed by atoms with Crippen LogP contribution in [0.15, 0.2) is 48.5 Å². The molecule has 0 heteroatoms. The van der Waals surface area contributed by atoms with Crippen molar-refractivity contribution in [3.05, 3.63) is 60.2 Å². The summed E-state index contributed by atoms with van der Waals surface area (Å²) in [6.45, 7) is 2.27. The van der Waals surface area contributed by atoms with Crippen LogP contribution in [0.4, 0.5) is 0 Å². The molecule has 0 fully saturated rings. The Morgan fingerprint density at radius 1 is 0.900 bits per heavy atom. The lowest BCUT2D eigenvalue weighted by Crippen LogP contribution is -1.91. The summed E-state index contributed by atoms with van der Waals surface area (Å²) in [6, 6.07) is 20.8. The summed E-state index contributed by atoms with van der Waals surface area (Å²) in [6.07, 6.45) is 6.43. The quantitative estimate of drug-likeness (QED) is 0.395. The molecule has 0 aliphatic heterocycles. The molecule has 0 N–H and O–H groups in total. The van der Waals surface area contributed by atoms with Gasteiger partial charge >= 0.3 is 0 Å². The van der Waals surface area contributed by atoms with Crippen molar-refractivity contribution in [2.24, 2.45) is 0 Å². The number of fused-ring (bicyclic) bond motifs is 2. The van der Waals surface area contributed by atoms with Gasteiger partial charge in [-0.2, -0.15) is 0 Å². The average Bonchev–Trinajstić information content (AvgIpc) is 2.50. The molecule has 0 spiro atoms. The van der Waals surface area contributed by atoms with Gasteiger partial charge in [0.05, 0.1) is 0 Å². The zero-order chi connectivity index (χ0) is 13.8. The number of hydrogen-bond donors (Lipinski definition) is 0. The molecule has 0 atom stereocenters. The number of rotatable bonds is 5. The Morgan fingerprint density at radius 3 is 2.65 bits per heavy atom. The van der Waals surface area contributed by atoms with Crippen molar-refractivity contribution in [3.8, 4) is 0 Å². The highest BCUT2D eigenvalue weighted by molar-refractivity contribution is 6.01. The van der Waals surface area contributed by atoms with Crippen molar-refractivity contribution in [1.29, 1.82) is 0 Å². The SMILES string of the molecule is CCCCCCc1c2ccc[c]c2cc2ccccc12. The lowest BCUT2D eigenvalue weighted by molar-refractivity contribution is 0.669. The molecule has 0 saturated carbocycles. The van der Waals surface area contributed by atoms with E-state index in [-0.39, 0.29) is 0 Å². The molecule has 20 heavy (non-hydrogen) atoms. The topological polar surface area (TPSA) is 0 Å². The van der Waals surface area contributed by atoms with Gasteiger partial charge in [0.25, 0.3) is 0 Å². The van der Waals surface area contributed by atoms with Gasteiger partial charge < -0.3 is 0 Å². The van der Waals surface area contributed by atoms with Crippen LogP contribution in [0.2, 0.25) is 0 Å². The van der Waals surface area contributed by atoms with E-state index < -0.39 is 0 Å². The Hall–Kier alpha value is -1.82. The Morgan fingerprint density at radius 2 is 1.75 bits per heavy atom. The van der Waals surface area contributed by atoms with Gasteiger partial charge in [0, 0.05) is 0 Å². The van der Waals surface area contributed by atoms with Crippen LogP contribution in [0.3, 0.4) is 0 Å². The normalized spacial score (nSPS) is 11.2. The average molecular weight is 261 g/mol. The van der Waals surface area contributed by atoms with Crippen LogP contribution in [0, 0.1) is 6.07 Å². The molecular weight excluding hydrogens is 240 g/mol. The predicted molar refractivity (Wildman–Crippen MR) is 88.1 cm³/mol. The summed E-state index contributed by atoms with van der Waals surface area (Å²) in [5, 5.41) is 5.38. The fourth-order valence-electron chi connectivity index (χ4n) is 3.03. The van der Waals surface area contributed by atoms with Crippen LogP contribution in [-0.4, -0.2) is 0 Å². The first-order valence-electron chi connectivity index (χ1n) is 7.71. The summed E-state index contributed by atoms with van der Waals surface area (Å²) in [5.41, 5.74) is 1.51. The summed E-state index contributed by atoms with van der Waals surface area (Å²) < 4.78 is 0. The number of unbranched alkanes of at least 4 members (excludes halogenated alkanes) is 3. The van der Waals surface area contributed by atoms with Crippen LogP contribution in [-0.2, 0) is 6.42 Å². The zero-order valence-electron chi connectivity index (χ0n) is 12.2. The van der Waals surface area contributed by atoms with Crippen molar-refractivity contribution < 1.29 is 0 Å². The van der Waals surface area contributed by atoms with Gasteiger partial charge in [0.2, 0.25) is 0 Å². The molecule has 0 nitrogen and oxygen atoms in total. The van der Waals surface area contributed by atoms with Crippen molar-refractivity contribution in [3.63, 3.8) is 0 Å². The first-order valence-corrected chi connectivity index (χ1v) is 7.71. The smallest absolute Gasteiger partial charge is 0.00960 e. The van der Waals surface area contributed by atoms with E-state index in [1.54, 1.807) is 0 Å². The molecule has 101 valence electrons. The van der Waals surface area contributed by atoms with Gasteiger partial charge in [-0.25, -0.2) is 0 Å². The molecule has 3 aromatic carbocycles. The Balaban J connectivity index is 2.08. The van der Waals surface area contributed by atoms with Crippen molar-refractivity contribution in [1.82, 2.24) is 0 Å². The predicted octanol–water partition coefficient (Wildman–Crippen LogP) is 5.92. The largest absolute Gasteiger partial charge is 0.0654 e. The van der Waals surface area contributed by atoms with Crippen LogP contribution in [0.25, 0.3) is 21.5 Å². The van der Waals surface area contributed by atoms with Crippen LogP contribution < -0.4 is 0 Å². The van der Waals surface area contributed by atoms with E-state index in [0.717, 1.165) is 0 Å². The highest BCUT2D eigenvalue weighted by atomic mass is 14.1. The molecule has 0 unspecified atom stereocenters. The summed E-state index contributed by atoms with van der Waals surface area (Å²) in [4.78, 5) is 0. The summed E-state index contributed by atoms with van der Waals surface area (Å²) in [5.74, 6) is 0. The Kier molecular flexibility index (Phi) is 4.01. The second-order valence-electron chi connectivity index (χ2n) is 5.52. The van der Waals surface area contributed by atoms with E-state index in [0.29, 0.717) is 0 Å². The van der Waals surface area contributed by atoms with Crippen molar-refractivity contribution >= 4 is 21.5 Å². The molecule has 1 radical (unpaired) electrons. The fraction of sp³-hybridized carbons (Fsp3) is 0.300. The van der Waals surface area contributed by atoms with E-state index >= 15 is 0 Å². The minimum absolute atomic E-state index is 1.18. The molecule has 0 amide bonds. The molecule has 0 aliphatic carbocycles. The molecule has 0 bridgehead atoms. The monoisotopic (exact) mass is 261 g/mol. The zero-order valence-corrected chi connectivity index (χ0v) is 12.2. The summed E-state index contributed by atoms with van der Waals surface area (Å²) in [7, 11) is 0. The van der Waals surface area contributed by atoms with E-state index in [1.165, 1.54) is 59.2 Å². The molecular formula is C20H21. The maximum absolute atomic E-state index is 3.38. The highest BCUT2D eigenvalue weighted by Gasteiger charge is 2.06. The molecule has 0 aromatic heterocycles. The second kappa shape index (κ2) is 6.09. The maximum atomic E-state index is 3.38. The third kappa shape index (κ3) is 2.56. The minimum Gasteiger partial charge on any atom is -0.0654 e. The van der Waals surface area contributed by atoms with Crippen LogP contribution in [0.1, 0.15) is 38.2 Å². The van der Waals surface area contributed by atoms with Gasteiger partial charge in [0.1, 0.15) is 0 Å². The second-order valence-corrected chi connectivity index (χ2v) is 5.52. The van der Waals surface area contributed by atoms with Crippen molar-refractivity contribution in [2.45, 2.75) is 39.0 Å². The highest BCUT2D eigenvalue weighted by Crippen LogP contribution is 2.29. The van der Waals surface area contributed by atoms with Gasteiger partial charge in [-0.3, -0.25) is 0 Å². The fourth-order valence-corrected chi connectivity index (χ4v) is 3.03. The number of benzene rings is 3. The van der Waals surface area contributed by atoms with E-state index in [9.17, 15) is 0 Å². The molecule has 0 heterocycles. The Labute approximate surface area is 121 Å². The first-order chi connectivity index (χ1) is 9.90. The van der Waals surface area contributed by atoms with Crippen molar-refractivity contribution in [2.75, 3.05) is 0 Å². The van der Waals surface area contributed by atoms with Gasteiger partial charge in [-0.15, -0.1) is 0 Å². The standard InChI is InChI=1S/C20H21/c1-2-3-4-5-14-20-18-12-8-6-10-16(18)15-17-11-7-9-13-19(17)20/h6-10,12-13,15H,2-5,14H2,1H3.